The third-order valence-corrected chi connectivity index (χ3v) is 7.29. The molecule has 3 atom stereocenters. The predicted octanol–water partition coefficient (Wildman–Crippen LogP) is 6.39. The standard InChI is InChI=1S/C27H17BrClN3O/c28-20-9-6-17(7-10-20)24-25(26(33)18-4-2-1-3-5-18)32-22-12-11-21(29)14-19(22)8-13-23(32)27(24,15-30)16-31/h1-14,23-25H/t23-,24+,25-/m1/s1. The van der Waals surface area contributed by atoms with Gasteiger partial charge in [0.1, 0.15) is 6.04 Å². The molecule has 3 aromatic rings. The summed E-state index contributed by atoms with van der Waals surface area (Å²) in [6.45, 7) is 0. The second-order valence-electron chi connectivity index (χ2n) is 8.21. The number of rotatable bonds is 3. The van der Waals surface area contributed by atoms with Crippen molar-refractivity contribution in [3.05, 3.63) is 105 Å². The lowest BCUT2D eigenvalue weighted by Gasteiger charge is -2.35. The Kier molecular flexibility index (Phi) is 5.33. The van der Waals surface area contributed by atoms with Crippen LogP contribution in [-0.2, 0) is 0 Å². The molecule has 160 valence electrons. The molecule has 2 heterocycles. The smallest absolute Gasteiger partial charge is 0.185 e. The van der Waals surface area contributed by atoms with Crippen molar-refractivity contribution in [2.24, 2.45) is 5.41 Å². The van der Waals surface area contributed by atoms with E-state index >= 15 is 0 Å². The lowest BCUT2D eigenvalue weighted by Crippen LogP contribution is -2.44. The molecule has 0 saturated carbocycles. The molecule has 0 amide bonds. The summed E-state index contributed by atoms with van der Waals surface area (Å²) in [5.41, 5.74) is 1.49. The Morgan fingerprint density at radius 1 is 1.00 bits per heavy atom. The van der Waals surface area contributed by atoms with Crippen molar-refractivity contribution in [2.45, 2.75) is 18.0 Å². The van der Waals surface area contributed by atoms with Gasteiger partial charge in [-0.1, -0.05) is 82.1 Å². The molecular weight excluding hydrogens is 498 g/mol. The highest BCUT2D eigenvalue weighted by molar-refractivity contribution is 9.10. The van der Waals surface area contributed by atoms with Crippen LogP contribution in [0.15, 0.2) is 83.3 Å². The van der Waals surface area contributed by atoms with E-state index in [1.807, 2.05) is 71.6 Å². The molecule has 0 spiro atoms. The van der Waals surface area contributed by atoms with E-state index in [4.69, 9.17) is 11.6 Å². The minimum absolute atomic E-state index is 0.128. The molecule has 2 aliphatic rings. The zero-order valence-electron chi connectivity index (χ0n) is 17.3. The van der Waals surface area contributed by atoms with Crippen molar-refractivity contribution >= 4 is 45.1 Å². The maximum Gasteiger partial charge on any atom is 0.185 e. The number of fused-ring (bicyclic) bond motifs is 3. The Labute approximate surface area is 205 Å². The molecule has 0 N–H and O–H groups in total. The molecule has 1 fully saturated rings. The van der Waals surface area contributed by atoms with E-state index in [0.29, 0.717) is 10.6 Å². The predicted molar refractivity (Wildman–Crippen MR) is 132 cm³/mol. The van der Waals surface area contributed by atoms with Crippen molar-refractivity contribution in [2.75, 3.05) is 4.90 Å². The van der Waals surface area contributed by atoms with Gasteiger partial charge in [-0.25, -0.2) is 0 Å². The summed E-state index contributed by atoms with van der Waals surface area (Å²) in [6.07, 6.45) is 3.75. The summed E-state index contributed by atoms with van der Waals surface area (Å²) in [5, 5.41) is 21.4. The van der Waals surface area contributed by atoms with Crippen LogP contribution in [0.2, 0.25) is 5.02 Å². The van der Waals surface area contributed by atoms with Gasteiger partial charge in [0.15, 0.2) is 11.2 Å². The van der Waals surface area contributed by atoms with Gasteiger partial charge < -0.3 is 4.90 Å². The number of benzene rings is 3. The van der Waals surface area contributed by atoms with Gasteiger partial charge >= 0.3 is 0 Å². The summed E-state index contributed by atoms with van der Waals surface area (Å²) in [4.78, 5) is 16.0. The van der Waals surface area contributed by atoms with Gasteiger partial charge in [-0.3, -0.25) is 4.79 Å². The highest BCUT2D eigenvalue weighted by atomic mass is 79.9. The molecule has 33 heavy (non-hydrogen) atoms. The quantitative estimate of drug-likeness (QED) is 0.380. The zero-order chi connectivity index (χ0) is 23.2. The monoisotopic (exact) mass is 513 g/mol. The van der Waals surface area contributed by atoms with Crippen LogP contribution in [0.25, 0.3) is 6.08 Å². The van der Waals surface area contributed by atoms with E-state index in [0.717, 1.165) is 21.3 Å². The number of hydrogen-bond acceptors (Lipinski definition) is 4. The van der Waals surface area contributed by atoms with E-state index < -0.39 is 23.4 Å². The van der Waals surface area contributed by atoms with Gasteiger partial charge in [0, 0.05) is 26.7 Å². The Balaban J connectivity index is 1.79. The maximum atomic E-state index is 14.0. The third-order valence-electron chi connectivity index (χ3n) is 6.52. The van der Waals surface area contributed by atoms with Crippen LogP contribution >= 0.6 is 27.5 Å². The van der Waals surface area contributed by atoms with Crippen LogP contribution in [0, 0.1) is 28.1 Å². The Morgan fingerprint density at radius 3 is 2.36 bits per heavy atom. The Bertz CT molecular complexity index is 1340. The fourth-order valence-electron chi connectivity index (χ4n) is 5.08. The Morgan fingerprint density at radius 2 is 1.70 bits per heavy atom. The molecule has 5 rings (SSSR count). The first-order chi connectivity index (χ1) is 16.0. The fourth-order valence-corrected chi connectivity index (χ4v) is 5.53. The molecule has 0 aliphatic carbocycles. The lowest BCUT2D eigenvalue weighted by molar-refractivity contribution is 0.0951. The number of halogens is 2. The number of hydrogen-bond donors (Lipinski definition) is 0. The minimum Gasteiger partial charge on any atom is -0.351 e. The largest absolute Gasteiger partial charge is 0.351 e. The van der Waals surface area contributed by atoms with Gasteiger partial charge in [-0.2, -0.15) is 10.5 Å². The SMILES string of the molecule is N#CC1(C#N)[C@@H](c2ccc(Br)cc2)[C@H](C(=O)c2ccccc2)N2c3ccc(Cl)cc3C=C[C@@H]21. The lowest BCUT2D eigenvalue weighted by atomic mass is 9.69. The van der Waals surface area contributed by atoms with Gasteiger partial charge in [0.2, 0.25) is 0 Å². The van der Waals surface area contributed by atoms with Gasteiger partial charge in [0.05, 0.1) is 18.2 Å². The van der Waals surface area contributed by atoms with E-state index in [1.165, 1.54) is 0 Å². The third kappa shape index (κ3) is 3.28. The first kappa shape index (κ1) is 21.5. The van der Waals surface area contributed by atoms with E-state index in [9.17, 15) is 15.3 Å². The normalized spacial score (nSPS) is 22.1. The van der Waals surface area contributed by atoms with Gasteiger partial charge in [-0.15, -0.1) is 0 Å². The van der Waals surface area contributed by atoms with E-state index in [2.05, 4.69) is 28.1 Å². The number of ketones is 1. The average molecular weight is 515 g/mol. The molecule has 0 unspecified atom stereocenters. The first-order valence-corrected chi connectivity index (χ1v) is 11.6. The number of anilines is 1. The molecule has 0 aromatic heterocycles. The molecule has 2 aliphatic heterocycles. The summed E-state index contributed by atoms with van der Waals surface area (Å²) in [6, 6.07) is 25.3. The number of nitriles is 2. The Hall–Kier alpha value is -3.38. The molecule has 3 aromatic carbocycles. The second kappa shape index (κ2) is 8.19. The summed E-state index contributed by atoms with van der Waals surface area (Å²) < 4.78 is 0.882. The summed E-state index contributed by atoms with van der Waals surface area (Å²) in [5.74, 6) is -0.790. The molecule has 0 radical (unpaired) electrons. The van der Waals surface area contributed by atoms with Crippen molar-refractivity contribution in [3.8, 4) is 12.1 Å². The van der Waals surface area contributed by atoms with Crippen molar-refractivity contribution < 1.29 is 4.79 Å². The molecule has 6 heteroatoms. The highest BCUT2D eigenvalue weighted by Gasteiger charge is 2.63. The number of nitrogens with zero attached hydrogens (tertiary/aromatic N) is 3. The van der Waals surface area contributed by atoms with Crippen molar-refractivity contribution in [1.29, 1.82) is 10.5 Å². The molecule has 1 saturated heterocycles. The minimum atomic E-state index is -1.46. The first-order valence-electron chi connectivity index (χ1n) is 10.4. The van der Waals surface area contributed by atoms with Crippen LogP contribution in [0.4, 0.5) is 5.69 Å². The van der Waals surface area contributed by atoms with Crippen molar-refractivity contribution in [3.63, 3.8) is 0 Å². The maximum absolute atomic E-state index is 14.0. The van der Waals surface area contributed by atoms with Crippen LogP contribution in [0.3, 0.4) is 0 Å². The van der Waals surface area contributed by atoms with Crippen LogP contribution in [-0.4, -0.2) is 17.9 Å². The fraction of sp³-hybridized carbons (Fsp3) is 0.148. The summed E-state index contributed by atoms with van der Waals surface area (Å²) >= 11 is 9.69. The van der Waals surface area contributed by atoms with E-state index in [-0.39, 0.29) is 5.78 Å². The molecular formula is C27H17BrClN3O. The van der Waals surface area contributed by atoms with Crippen LogP contribution in [0.5, 0.6) is 0 Å². The molecule has 0 bridgehead atoms. The van der Waals surface area contributed by atoms with Crippen molar-refractivity contribution in [1.82, 2.24) is 0 Å². The van der Waals surface area contributed by atoms with Crippen LogP contribution < -0.4 is 4.90 Å². The van der Waals surface area contributed by atoms with Gasteiger partial charge in [0.25, 0.3) is 0 Å². The van der Waals surface area contributed by atoms with Gasteiger partial charge in [-0.05, 0) is 41.5 Å². The topological polar surface area (TPSA) is 67.9 Å². The zero-order valence-corrected chi connectivity index (χ0v) is 19.7. The van der Waals surface area contributed by atoms with Crippen LogP contribution in [0.1, 0.15) is 27.4 Å². The average Bonchev–Trinajstić information content (AvgIpc) is 3.15. The number of carbonyl (C=O) groups is 1. The number of carbonyl (C=O) groups excluding carboxylic acids is 1. The highest BCUT2D eigenvalue weighted by Crippen LogP contribution is 2.55. The van der Waals surface area contributed by atoms with E-state index in [1.54, 1.807) is 18.2 Å². The molecule has 4 nitrogen and oxygen atoms in total. The summed E-state index contributed by atoms with van der Waals surface area (Å²) in [7, 11) is 0. The second-order valence-corrected chi connectivity index (χ2v) is 9.56. The number of Topliss-reactive ketones (excluding diaryl/α,β-unsaturated/α-hetero) is 1.